The lowest BCUT2D eigenvalue weighted by Crippen LogP contribution is -2.49. The van der Waals surface area contributed by atoms with Gasteiger partial charge in [0.15, 0.2) is 0 Å². The van der Waals surface area contributed by atoms with E-state index in [0.29, 0.717) is 13.2 Å². The maximum absolute atomic E-state index is 10.4. The standard InChI is InChI=1S/C23H31ClN2O4/c1-17-4-5-19(24)13-22(17)26-10-8-25(9-11-26)14-20(27)16-30-15-18-12-21(28-2)6-7-23(18)29-3/h4-7,12-13,20,27H,8-11,14-16H2,1-3H3. The minimum absolute atomic E-state index is 0.272. The van der Waals surface area contributed by atoms with Gasteiger partial charge in [0.1, 0.15) is 11.5 Å². The molecule has 3 rings (SSSR count). The van der Waals surface area contributed by atoms with Gasteiger partial charge < -0.3 is 24.2 Å². The Hall–Kier alpha value is -1.99. The number of methoxy groups -OCH3 is 2. The molecule has 0 aliphatic carbocycles. The molecule has 2 aromatic rings. The third-order valence-corrected chi connectivity index (χ3v) is 5.64. The largest absolute Gasteiger partial charge is 0.497 e. The number of ether oxygens (including phenoxy) is 3. The molecule has 0 aromatic heterocycles. The number of β-amino-alcohol motifs (C(OH)–C–C–N with tert-alkyl or cyclic N) is 1. The molecule has 1 atom stereocenters. The van der Waals surface area contributed by atoms with Crippen LogP contribution < -0.4 is 14.4 Å². The highest BCUT2D eigenvalue weighted by Crippen LogP contribution is 2.26. The van der Waals surface area contributed by atoms with E-state index < -0.39 is 6.10 Å². The van der Waals surface area contributed by atoms with Crippen LogP contribution in [-0.4, -0.2) is 69.7 Å². The number of anilines is 1. The Morgan fingerprint density at radius 2 is 1.80 bits per heavy atom. The van der Waals surface area contributed by atoms with E-state index in [1.165, 1.54) is 11.3 Å². The van der Waals surface area contributed by atoms with Gasteiger partial charge in [0.05, 0.1) is 33.5 Å². The first kappa shape index (κ1) is 22.7. The summed E-state index contributed by atoms with van der Waals surface area (Å²) < 4.78 is 16.4. The molecule has 6 nitrogen and oxygen atoms in total. The van der Waals surface area contributed by atoms with E-state index in [0.717, 1.165) is 48.3 Å². The van der Waals surface area contributed by atoms with Crippen LogP contribution in [0.1, 0.15) is 11.1 Å². The van der Waals surface area contributed by atoms with Crippen molar-refractivity contribution in [1.29, 1.82) is 0 Å². The van der Waals surface area contributed by atoms with E-state index in [9.17, 15) is 5.11 Å². The Morgan fingerprint density at radius 3 is 2.50 bits per heavy atom. The number of rotatable bonds is 9. The zero-order valence-electron chi connectivity index (χ0n) is 17.9. The number of aliphatic hydroxyl groups is 1. The van der Waals surface area contributed by atoms with Crippen molar-refractivity contribution in [3.8, 4) is 11.5 Å². The van der Waals surface area contributed by atoms with Gasteiger partial charge in [-0.3, -0.25) is 4.90 Å². The van der Waals surface area contributed by atoms with Crippen LogP contribution in [0.2, 0.25) is 5.02 Å². The molecule has 1 aliphatic heterocycles. The molecule has 0 bridgehead atoms. The summed E-state index contributed by atoms with van der Waals surface area (Å²) in [4.78, 5) is 4.63. The molecule has 7 heteroatoms. The number of aliphatic hydroxyl groups excluding tert-OH is 1. The highest BCUT2D eigenvalue weighted by atomic mass is 35.5. The lowest BCUT2D eigenvalue weighted by molar-refractivity contribution is 0.00862. The fourth-order valence-electron chi connectivity index (χ4n) is 3.74. The van der Waals surface area contributed by atoms with Gasteiger partial charge >= 0.3 is 0 Å². The summed E-state index contributed by atoms with van der Waals surface area (Å²) in [7, 11) is 3.26. The van der Waals surface area contributed by atoms with Crippen LogP contribution in [-0.2, 0) is 11.3 Å². The Kier molecular flexibility index (Phi) is 8.22. The summed E-state index contributed by atoms with van der Waals surface area (Å²) in [6, 6.07) is 11.6. The maximum atomic E-state index is 10.4. The molecule has 0 spiro atoms. The van der Waals surface area contributed by atoms with Crippen LogP contribution in [0.15, 0.2) is 36.4 Å². The first-order chi connectivity index (χ1) is 14.5. The Labute approximate surface area is 183 Å². The lowest BCUT2D eigenvalue weighted by atomic mass is 10.1. The van der Waals surface area contributed by atoms with Gasteiger partial charge in [-0.25, -0.2) is 0 Å². The fraction of sp³-hybridized carbons (Fsp3) is 0.478. The molecule has 0 saturated carbocycles. The van der Waals surface area contributed by atoms with E-state index in [1.54, 1.807) is 14.2 Å². The van der Waals surface area contributed by atoms with Crippen molar-refractivity contribution in [2.24, 2.45) is 0 Å². The van der Waals surface area contributed by atoms with Crippen LogP contribution in [0.3, 0.4) is 0 Å². The van der Waals surface area contributed by atoms with Gasteiger partial charge in [-0.05, 0) is 42.8 Å². The van der Waals surface area contributed by atoms with Gasteiger partial charge in [-0.2, -0.15) is 0 Å². The van der Waals surface area contributed by atoms with Crippen molar-refractivity contribution in [2.75, 3.05) is 58.5 Å². The summed E-state index contributed by atoms with van der Waals surface area (Å²) >= 11 is 6.16. The number of piperazine rings is 1. The maximum Gasteiger partial charge on any atom is 0.124 e. The summed E-state index contributed by atoms with van der Waals surface area (Å²) in [5, 5.41) is 11.2. The molecule has 1 aliphatic rings. The SMILES string of the molecule is COc1ccc(OC)c(COCC(O)CN2CCN(c3cc(Cl)ccc3C)CC2)c1. The monoisotopic (exact) mass is 434 g/mol. The Bertz CT molecular complexity index is 825. The predicted molar refractivity (Wildman–Crippen MR) is 120 cm³/mol. The van der Waals surface area contributed by atoms with Gasteiger partial charge in [-0.15, -0.1) is 0 Å². The molecule has 1 unspecified atom stereocenters. The van der Waals surface area contributed by atoms with E-state index in [1.807, 2.05) is 30.3 Å². The van der Waals surface area contributed by atoms with E-state index in [2.05, 4.69) is 22.8 Å². The highest BCUT2D eigenvalue weighted by molar-refractivity contribution is 6.30. The van der Waals surface area contributed by atoms with Gasteiger partial charge in [0.2, 0.25) is 0 Å². The predicted octanol–water partition coefficient (Wildman–Crippen LogP) is 3.37. The molecule has 1 N–H and O–H groups in total. The minimum Gasteiger partial charge on any atom is -0.497 e. The molecular formula is C23H31ClN2O4. The van der Waals surface area contributed by atoms with Crippen LogP contribution >= 0.6 is 11.6 Å². The highest BCUT2D eigenvalue weighted by Gasteiger charge is 2.21. The van der Waals surface area contributed by atoms with Crippen molar-refractivity contribution in [3.05, 3.63) is 52.5 Å². The Balaban J connectivity index is 1.43. The third-order valence-electron chi connectivity index (χ3n) is 5.41. The Morgan fingerprint density at radius 1 is 1.03 bits per heavy atom. The van der Waals surface area contributed by atoms with Crippen molar-refractivity contribution in [2.45, 2.75) is 19.6 Å². The summed E-state index contributed by atoms with van der Waals surface area (Å²) in [6.45, 7) is 6.95. The number of halogens is 1. The molecule has 1 fully saturated rings. The quantitative estimate of drug-likeness (QED) is 0.653. The molecule has 0 amide bonds. The summed E-state index contributed by atoms with van der Waals surface area (Å²) in [6.07, 6.45) is -0.541. The van der Waals surface area contributed by atoms with Crippen molar-refractivity contribution in [1.82, 2.24) is 4.90 Å². The average Bonchev–Trinajstić information content (AvgIpc) is 2.76. The van der Waals surface area contributed by atoms with Crippen LogP contribution in [0.5, 0.6) is 11.5 Å². The van der Waals surface area contributed by atoms with E-state index in [-0.39, 0.29) is 6.61 Å². The molecular weight excluding hydrogens is 404 g/mol. The smallest absolute Gasteiger partial charge is 0.124 e. The van der Waals surface area contributed by atoms with Crippen LogP contribution in [0, 0.1) is 6.92 Å². The van der Waals surface area contributed by atoms with Crippen molar-refractivity contribution < 1.29 is 19.3 Å². The molecule has 0 radical (unpaired) electrons. The second-order valence-corrected chi connectivity index (χ2v) is 8.00. The summed E-state index contributed by atoms with van der Waals surface area (Å²) in [5.41, 5.74) is 3.32. The van der Waals surface area contributed by atoms with E-state index in [4.69, 9.17) is 25.8 Å². The molecule has 30 heavy (non-hydrogen) atoms. The third kappa shape index (κ3) is 6.01. The average molecular weight is 435 g/mol. The first-order valence-electron chi connectivity index (χ1n) is 10.2. The van der Waals surface area contributed by atoms with Gasteiger partial charge in [-0.1, -0.05) is 17.7 Å². The van der Waals surface area contributed by atoms with Crippen molar-refractivity contribution >= 4 is 17.3 Å². The molecule has 1 saturated heterocycles. The zero-order chi connectivity index (χ0) is 21.5. The second kappa shape index (κ2) is 10.9. The number of aryl methyl sites for hydroxylation is 1. The normalized spacial score (nSPS) is 15.8. The zero-order valence-corrected chi connectivity index (χ0v) is 18.7. The topological polar surface area (TPSA) is 54.4 Å². The van der Waals surface area contributed by atoms with Crippen molar-refractivity contribution in [3.63, 3.8) is 0 Å². The molecule has 164 valence electrons. The van der Waals surface area contributed by atoms with Gasteiger partial charge in [0.25, 0.3) is 0 Å². The minimum atomic E-state index is -0.541. The fourth-order valence-corrected chi connectivity index (χ4v) is 3.91. The number of nitrogens with zero attached hydrogens (tertiary/aromatic N) is 2. The number of benzene rings is 2. The van der Waals surface area contributed by atoms with Gasteiger partial charge in [0, 0.05) is 49.0 Å². The van der Waals surface area contributed by atoms with Crippen LogP contribution in [0.4, 0.5) is 5.69 Å². The summed E-state index contributed by atoms with van der Waals surface area (Å²) in [5.74, 6) is 1.50. The molecule has 2 aromatic carbocycles. The molecule has 1 heterocycles. The lowest BCUT2D eigenvalue weighted by Gasteiger charge is -2.37. The number of hydrogen-bond donors (Lipinski definition) is 1. The second-order valence-electron chi connectivity index (χ2n) is 7.57. The number of hydrogen-bond acceptors (Lipinski definition) is 6. The van der Waals surface area contributed by atoms with E-state index >= 15 is 0 Å². The van der Waals surface area contributed by atoms with Crippen LogP contribution in [0.25, 0.3) is 0 Å². The first-order valence-corrected chi connectivity index (χ1v) is 10.6.